The van der Waals surface area contributed by atoms with E-state index in [9.17, 15) is 13.2 Å². The molecule has 2 N–H and O–H groups in total. The number of carbonyl (C=O) groups is 1. The molecule has 1 amide bonds. The summed E-state index contributed by atoms with van der Waals surface area (Å²) in [6, 6.07) is 5.39. The Labute approximate surface area is 131 Å². The monoisotopic (exact) mass is 323 g/mol. The molecule has 0 atom stereocenters. The van der Waals surface area contributed by atoms with E-state index in [0.717, 1.165) is 43.4 Å². The summed E-state index contributed by atoms with van der Waals surface area (Å²) < 4.78 is 29.6. The van der Waals surface area contributed by atoms with Gasteiger partial charge in [-0.2, -0.15) is 13.1 Å². The van der Waals surface area contributed by atoms with Crippen molar-refractivity contribution in [3.05, 3.63) is 23.8 Å². The molecule has 0 bridgehead atoms. The van der Waals surface area contributed by atoms with Crippen LogP contribution in [0.1, 0.15) is 38.2 Å². The van der Waals surface area contributed by atoms with E-state index in [-0.39, 0.29) is 11.9 Å². The van der Waals surface area contributed by atoms with Gasteiger partial charge in [-0.15, -0.1) is 0 Å². The zero-order valence-corrected chi connectivity index (χ0v) is 13.4. The third-order valence-corrected chi connectivity index (χ3v) is 5.44. The van der Waals surface area contributed by atoms with Crippen molar-refractivity contribution in [2.45, 2.75) is 45.1 Å². The minimum atomic E-state index is -3.58. The Morgan fingerprint density at radius 2 is 2.00 bits per heavy atom. The standard InChI is InChI=1S/C15H21N3O3S/c1-11(19)18-9-8-12-6-7-14(10-15(12)18)17-22(20,21)16-13-4-2-3-5-13/h6-7,10,13,16-17H,2-5,8-9H2,1H3. The van der Waals surface area contributed by atoms with Crippen LogP contribution in [0.15, 0.2) is 18.2 Å². The topological polar surface area (TPSA) is 78.5 Å². The number of hydrogen-bond donors (Lipinski definition) is 2. The fourth-order valence-corrected chi connectivity index (χ4v) is 4.39. The molecule has 22 heavy (non-hydrogen) atoms. The van der Waals surface area contributed by atoms with Crippen LogP contribution in [-0.4, -0.2) is 26.9 Å². The summed E-state index contributed by atoms with van der Waals surface area (Å²) in [7, 11) is -3.58. The lowest BCUT2D eigenvalue weighted by Gasteiger charge is -2.17. The second-order valence-electron chi connectivity index (χ2n) is 5.97. The van der Waals surface area contributed by atoms with E-state index < -0.39 is 10.2 Å². The van der Waals surface area contributed by atoms with Crippen molar-refractivity contribution < 1.29 is 13.2 Å². The van der Waals surface area contributed by atoms with Crippen LogP contribution in [-0.2, 0) is 21.4 Å². The van der Waals surface area contributed by atoms with Crippen molar-refractivity contribution in [1.29, 1.82) is 0 Å². The molecular weight excluding hydrogens is 302 g/mol. The molecule has 1 heterocycles. The van der Waals surface area contributed by atoms with Crippen LogP contribution in [0.5, 0.6) is 0 Å². The minimum absolute atomic E-state index is 0.0252. The smallest absolute Gasteiger partial charge is 0.299 e. The number of nitrogens with zero attached hydrogens (tertiary/aromatic N) is 1. The molecule has 7 heteroatoms. The first kappa shape index (κ1) is 15.3. The van der Waals surface area contributed by atoms with E-state index in [4.69, 9.17) is 0 Å². The molecule has 3 rings (SSSR count). The molecule has 0 unspecified atom stereocenters. The fraction of sp³-hybridized carbons (Fsp3) is 0.533. The lowest BCUT2D eigenvalue weighted by Crippen LogP contribution is -2.37. The second kappa shape index (κ2) is 5.89. The largest absolute Gasteiger partial charge is 0.312 e. The molecule has 0 spiro atoms. The molecule has 1 aromatic rings. The van der Waals surface area contributed by atoms with Gasteiger partial charge in [0.15, 0.2) is 0 Å². The van der Waals surface area contributed by atoms with E-state index in [1.165, 1.54) is 6.92 Å². The van der Waals surface area contributed by atoms with Crippen molar-refractivity contribution >= 4 is 27.5 Å². The van der Waals surface area contributed by atoms with E-state index in [1.807, 2.05) is 6.07 Å². The number of hydrogen-bond acceptors (Lipinski definition) is 3. The van der Waals surface area contributed by atoms with E-state index in [0.29, 0.717) is 12.2 Å². The number of rotatable bonds is 4. The Bertz CT molecular complexity index is 681. The summed E-state index contributed by atoms with van der Waals surface area (Å²) in [5, 5.41) is 0. The van der Waals surface area contributed by atoms with Crippen molar-refractivity contribution in [3.63, 3.8) is 0 Å². The quantitative estimate of drug-likeness (QED) is 0.886. The number of benzene rings is 1. The zero-order valence-electron chi connectivity index (χ0n) is 12.6. The summed E-state index contributed by atoms with van der Waals surface area (Å²) >= 11 is 0. The molecule has 1 saturated carbocycles. The second-order valence-corrected chi connectivity index (χ2v) is 7.42. The van der Waals surface area contributed by atoms with Crippen LogP contribution in [0.25, 0.3) is 0 Å². The average Bonchev–Trinajstić information content (AvgIpc) is 3.06. The molecule has 1 aliphatic carbocycles. The molecule has 0 radical (unpaired) electrons. The molecule has 2 aliphatic rings. The average molecular weight is 323 g/mol. The van der Waals surface area contributed by atoms with Crippen LogP contribution in [0.3, 0.4) is 0 Å². The fourth-order valence-electron chi connectivity index (χ4n) is 3.22. The molecule has 1 aliphatic heterocycles. The van der Waals surface area contributed by atoms with E-state index in [1.54, 1.807) is 17.0 Å². The van der Waals surface area contributed by atoms with Gasteiger partial charge in [-0.25, -0.2) is 0 Å². The molecule has 1 fully saturated rings. The van der Waals surface area contributed by atoms with Crippen LogP contribution in [0.4, 0.5) is 11.4 Å². The third-order valence-electron chi connectivity index (χ3n) is 4.29. The van der Waals surface area contributed by atoms with Crippen LogP contribution in [0.2, 0.25) is 0 Å². The Morgan fingerprint density at radius 3 is 2.68 bits per heavy atom. The Hall–Kier alpha value is -1.60. The molecule has 120 valence electrons. The zero-order chi connectivity index (χ0) is 15.7. The highest BCUT2D eigenvalue weighted by atomic mass is 32.2. The highest BCUT2D eigenvalue weighted by Crippen LogP contribution is 2.31. The Morgan fingerprint density at radius 1 is 1.27 bits per heavy atom. The first-order chi connectivity index (χ1) is 10.4. The Kier molecular flexibility index (Phi) is 4.10. The lowest BCUT2D eigenvalue weighted by molar-refractivity contribution is -0.116. The van der Waals surface area contributed by atoms with Crippen molar-refractivity contribution in [1.82, 2.24) is 4.72 Å². The van der Waals surface area contributed by atoms with Crippen molar-refractivity contribution in [2.24, 2.45) is 0 Å². The maximum Gasteiger partial charge on any atom is 0.299 e. The van der Waals surface area contributed by atoms with E-state index in [2.05, 4.69) is 9.44 Å². The van der Waals surface area contributed by atoms with Gasteiger partial charge in [0.05, 0.1) is 5.69 Å². The highest BCUT2D eigenvalue weighted by molar-refractivity contribution is 7.90. The van der Waals surface area contributed by atoms with Gasteiger partial charge < -0.3 is 4.90 Å². The summed E-state index contributed by atoms with van der Waals surface area (Å²) in [6.45, 7) is 2.18. The predicted molar refractivity (Wildman–Crippen MR) is 86.1 cm³/mol. The normalized spacial score (nSPS) is 18.5. The number of fused-ring (bicyclic) bond motifs is 1. The van der Waals surface area contributed by atoms with Gasteiger partial charge in [-0.05, 0) is 37.0 Å². The molecular formula is C15H21N3O3S. The predicted octanol–water partition coefficient (Wildman–Crippen LogP) is 1.78. The van der Waals surface area contributed by atoms with Gasteiger partial charge in [0.1, 0.15) is 0 Å². The van der Waals surface area contributed by atoms with Gasteiger partial charge in [0, 0.05) is 25.2 Å². The van der Waals surface area contributed by atoms with Gasteiger partial charge in [-0.3, -0.25) is 9.52 Å². The van der Waals surface area contributed by atoms with Crippen LogP contribution >= 0.6 is 0 Å². The van der Waals surface area contributed by atoms with Crippen molar-refractivity contribution in [2.75, 3.05) is 16.2 Å². The first-order valence-electron chi connectivity index (χ1n) is 7.66. The molecule has 0 aromatic heterocycles. The van der Waals surface area contributed by atoms with Crippen LogP contribution < -0.4 is 14.3 Å². The number of amides is 1. The molecule has 0 saturated heterocycles. The highest BCUT2D eigenvalue weighted by Gasteiger charge is 2.24. The first-order valence-corrected chi connectivity index (χ1v) is 9.14. The number of anilines is 2. The third kappa shape index (κ3) is 3.25. The lowest BCUT2D eigenvalue weighted by atomic mass is 10.1. The van der Waals surface area contributed by atoms with Crippen molar-refractivity contribution in [3.8, 4) is 0 Å². The SMILES string of the molecule is CC(=O)N1CCc2ccc(NS(=O)(=O)NC3CCCC3)cc21. The van der Waals surface area contributed by atoms with Gasteiger partial charge >= 0.3 is 0 Å². The van der Waals surface area contributed by atoms with E-state index >= 15 is 0 Å². The maximum absolute atomic E-state index is 12.2. The summed E-state index contributed by atoms with van der Waals surface area (Å²) in [4.78, 5) is 13.3. The van der Waals surface area contributed by atoms with Gasteiger partial charge in [0.25, 0.3) is 10.2 Å². The molecule has 6 nitrogen and oxygen atoms in total. The number of nitrogens with one attached hydrogen (secondary N) is 2. The number of carbonyl (C=O) groups excluding carboxylic acids is 1. The molecule has 1 aromatic carbocycles. The van der Waals surface area contributed by atoms with Gasteiger partial charge in [0.2, 0.25) is 5.91 Å². The van der Waals surface area contributed by atoms with Crippen LogP contribution in [0, 0.1) is 0 Å². The summed E-state index contributed by atoms with van der Waals surface area (Å²) in [6.07, 6.45) is 4.73. The van der Waals surface area contributed by atoms with Gasteiger partial charge in [-0.1, -0.05) is 18.9 Å². The minimum Gasteiger partial charge on any atom is -0.312 e. The summed E-state index contributed by atoms with van der Waals surface area (Å²) in [5.41, 5.74) is 2.35. The summed E-state index contributed by atoms with van der Waals surface area (Å²) in [5.74, 6) is -0.0252. The Balaban J connectivity index is 1.75. The maximum atomic E-state index is 12.2.